The molecule has 0 aromatic heterocycles. The van der Waals surface area contributed by atoms with Crippen molar-refractivity contribution in [3.8, 4) is 11.5 Å². The van der Waals surface area contributed by atoms with E-state index in [0.29, 0.717) is 5.56 Å². The van der Waals surface area contributed by atoms with Crippen molar-refractivity contribution in [2.45, 2.75) is 18.1 Å². The second kappa shape index (κ2) is 6.85. The zero-order valence-corrected chi connectivity index (χ0v) is 16.3. The van der Waals surface area contributed by atoms with Crippen molar-refractivity contribution in [2.75, 3.05) is 0 Å². The van der Waals surface area contributed by atoms with Gasteiger partial charge in [-0.25, -0.2) is 0 Å². The molecule has 11 heteroatoms. The summed E-state index contributed by atoms with van der Waals surface area (Å²) in [6.07, 6.45) is -2.33. The molecule has 0 unspecified atom stereocenters. The van der Waals surface area contributed by atoms with Gasteiger partial charge in [0.15, 0.2) is 16.7 Å². The standard InChI is InChI=1S/C18H12F2N2O5S2/c1-10-2-5-12(6-3-10)29(24,25)22-17-21-16(23)15(28-17)9-11-4-7-13-14(8-11)27-18(19,20)26-13/h2-9H,1H3,(H,21,22,23)/b15-9+. The average Bonchev–Trinajstić information content (AvgIpc) is 3.11. The fourth-order valence-corrected chi connectivity index (χ4v) is 4.53. The van der Waals surface area contributed by atoms with Crippen molar-refractivity contribution >= 4 is 38.9 Å². The number of carbonyl (C=O) groups excluding carboxylic acids is 1. The van der Waals surface area contributed by atoms with Gasteiger partial charge in [0.2, 0.25) is 0 Å². The predicted molar refractivity (Wildman–Crippen MR) is 102 cm³/mol. The van der Waals surface area contributed by atoms with E-state index in [9.17, 15) is 22.0 Å². The van der Waals surface area contributed by atoms with Crippen LogP contribution in [-0.4, -0.2) is 25.8 Å². The molecule has 0 saturated carbocycles. The number of carbonyl (C=O) groups is 1. The van der Waals surface area contributed by atoms with Gasteiger partial charge in [0, 0.05) is 0 Å². The smallest absolute Gasteiger partial charge is 0.395 e. The van der Waals surface area contributed by atoms with E-state index < -0.39 is 22.2 Å². The average molecular weight is 438 g/mol. The first-order valence-corrected chi connectivity index (χ1v) is 10.4. The summed E-state index contributed by atoms with van der Waals surface area (Å²) in [6, 6.07) is 10.2. The van der Waals surface area contributed by atoms with Crippen LogP contribution in [0.25, 0.3) is 6.08 Å². The molecule has 0 bridgehead atoms. The number of hydrogen-bond donors (Lipinski definition) is 1. The van der Waals surface area contributed by atoms with Crippen LogP contribution < -0.4 is 14.8 Å². The Labute approximate surface area is 168 Å². The fraction of sp³-hybridized carbons (Fsp3) is 0.111. The summed E-state index contributed by atoms with van der Waals surface area (Å²) in [5.41, 5.74) is 1.29. The normalized spacial score (nSPS) is 20.3. The molecule has 0 radical (unpaired) electrons. The number of fused-ring (bicyclic) bond motifs is 1. The number of amides is 1. The van der Waals surface area contributed by atoms with Crippen molar-refractivity contribution < 1.29 is 31.5 Å². The number of hydrogen-bond acceptors (Lipinski definition) is 6. The third-order valence-electron chi connectivity index (χ3n) is 3.90. The number of amidine groups is 1. The van der Waals surface area contributed by atoms with Crippen molar-refractivity contribution in [3.05, 3.63) is 58.5 Å². The lowest BCUT2D eigenvalue weighted by Crippen LogP contribution is -2.25. The van der Waals surface area contributed by atoms with Crippen LogP contribution in [0.3, 0.4) is 0 Å². The van der Waals surface area contributed by atoms with Crippen LogP contribution in [0.5, 0.6) is 11.5 Å². The van der Waals surface area contributed by atoms with Crippen LogP contribution >= 0.6 is 11.8 Å². The molecule has 2 aliphatic rings. The van der Waals surface area contributed by atoms with Crippen molar-refractivity contribution in [3.63, 3.8) is 0 Å². The lowest BCUT2D eigenvalue weighted by Gasteiger charge is -2.04. The maximum absolute atomic E-state index is 13.1. The highest BCUT2D eigenvalue weighted by Crippen LogP contribution is 2.41. The Hall–Kier alpha value is -2.92. The van der Waals surface area contributed by atoms with Crippen LogP contribution in [0.15, 0.2) is 56.7 Å². The third-order valence-corrected chi connectivity index (χ3v) is 6.21. The molecule has 2 heterocycles. The van der Waals surface area contributed by atoms with Crippen molar-refractivity contribution in [2.24, 2.45) is 4.40 Å². The van der Waals surface area contributed by atoms with E-state index in [2.05, 4.69) is 19.2 Å². The molecule has 2 aliphatic heterocycles. The number of aryl methyl sites for hydroxylation is 1. The first kappa shape index (κ1) is 19.4. The van der Waals surface area contributed by atoms with E-state index in [1.807, 2.05) is 6.92 Å². The molecule has 0 atom stereocenters. The van der Waals surface area contributed by atoms with Gasteiger partial charge in [-0.3, -0.25) is 10.1 Å². The summed E-state index contributed by atoms with van der Waals surface area (Å²) >= 11 is 0.822. The van der Waals surface area contributed by atoms with Crippen LogP contribution in [0, 0.1) is 6.92 Å². The molecule has 29 heavy (non-hydrogen) atoms. The van der Waals surface area contributed by atoms with Gasteiger partial charge in [-0.2, -0.15) is 8.42 Å². The molecule has 1 N–H and O–H groups in total. The van der Waals surface area contributed by atoms with Gasteiger partial charge >= 0.3 is 6.29 Å². The molecule has 7 nitrogen and oxygen atoms in total. The highest BCUT2D eigenvalue weighted by Gasteiger charge is 2.43. The highest BCUT2D eigenvalue weighted by molar-refractivity contribution is 8.19. The van der Waals surface area contributed by atoms with Crippen LogP contribution in [0.4, 0.5) is 8.78 Å². The summed E-state index contributed by atoms with van der Waals surface area (Å²) in [7, 11) is -4.00. The van der Waals surface area contributed by atoms with Crippen LogP contribution in [0.1, 0.15) is 11.1 Å². The molecule has 1 amide bonds. The molecule has 1 fully saturated rings. The summed E-state index contributed by atoms with van der Waals surface area (Å²) < 4.78 is 63.3. The minimum absolute atomic E-state index is 0.000391. The van der Waals surface area contributed by atoms with Gasteiger partial charge in [0.25, 0.3) is 15.9 Å². The third kappa shape index (κ3) is 4.10. The number of rotatable bonds is 3. The van der Waals surface area contributed by atoms with Crippen LogP contribution in [-0.2, 0) is 14.8 Å². The zero-order chi connectivity index (χ0) is 20.8. The van der Waals surface area contributed by atoms with Gasteiger partial charge in [-0.15, -0.1) is 13.2 Å². The van der Waals surface area contributed by atoms with Gasteiger partial charge in [-0.1, -0.05) is 23.8 Å². The minimum Gasteiger partial charge on any atom is -0.395 e. The number of nitrogens with one attached hydrogen (secondary N) is 1. The van der Waals surface area contributed by atoms with Crippen molar-refractivity contribution in [1.29, 1.82) is 0 Å². The van der Waals surface area contributed by atoms with Crippen molar-refractivity contribution in [1.82, 2.24) is 5.32 Å². The lowest BCUT2D eigenvalue weighted by atomic mass is 10.2. The SMILES string of the molecule is Cc1ccc(S(=O)(=O)/N=C2\NC(=O)/C(=C\c3ccc4c(c3)OC(F)(F)O4)S2)cc1. The van der Waals surface area contributed by atoms with E-state index in [0.717, 1.165) is 17.3 Å². The Morgan fingerprint density at radius 3 is 2.52 bits per heavy atom. The molecular formula is C18H12F2N2O5S2. The lowest BCUT2D eigenvalue weighted by molar-refractivity contribution is -0.286. The van der Waals surface area contributed by atoms with E-state index in [1.165, 1.54) is 36.4 Å². The first-order valence-electron chi connectivity index (χ1n) is 8.14. The van der Waals surface area contributed by atoms with Gasteiger partial charge < -0.3 is 9.47 Å². The summed E-state index contributed by atoms with van der Waals surface area (Å²) in [6.45, 7) is 1.82. The summed E-state index contributed by atoms with van der Waals surface area (Å²) in [5.74, 6) is -0.841. The fourth-order valence-electron chi connectivity index (χ4n) is 2.55. The van der Waals surface area contributed by atoms with E-state index in [-0.39, 0.29) is 26.5 Å². The number of ether oxygens (including phenoxy) is 2. The number of thioether (sulfide) groups is 1. The molecule has 0 aliphatic carbocycles. The van der Waals surface area contributed by atoms with E-state index in [1.54, 1.807) is 12.1 Å². The Balaban J connectivity index is 1.57. The molecule has 2 aromatic rings. The second-order valence-electron chi connectivity index (χ2n) is 6.12. The maximum atomic E-state index is 13.1. The molecular weight excluding hydrogens is 426 g/mol. The molecule has 2 aromatic carbocycles. The number of alkyl halides is 2. The maximum Gasteiger partial charge on any atom is 0.586 e. The first-order chi connectivity index (χ1) is 13.6. The number of nitrogens with zero attached hydrogens (tertiary/aromatic N) is 1. The highest BCUT2D eigenvalue weighted by atomic mass is 32.2. The number of benzene rings is 2. The van der Waals surface area contributed by atoms with Gasteiger partial charge in [0.05, 0.1) is 9.80 Å². The van der Waals surface area contributed by atoms with E-state index in [4.69, 9.17) is 0 Å². The Kier molecular flexibility index (Phi) is 4.58. The number of sulfonamides is 1. The Morgan fingerprint density at radius 2 is 1.79 bits per heavy atom. The molecule has 1 saturated heterocycles. The monoisotopic (exact) mass is 438 g/mol. The largest absolute Gasteiger partial charge is 0.586 e. The quantitative estimate of drug-likeness (QED) is 0.740. The van der Waals surface area contributed by atoms with Gasteiger partial charge in [0.1, 0.15) is 0 Å². The topological polar surface area (TPSA) is 94.1 Å². The number of halogens is 2. The summed E-state index contributed by atoms with van der Waals surface area (Å²) in [5, 5.41) is 2.27. The minimum atomic E-state index is -4.00. The van der Waals surface area contributed by atoms with E-state index >= 15 is 0 Å². The predicted octanol–water partition coefficient (Wildman–Crippen LogP) is 3.27. The second-order valence-corrected chi connectivity index (χ2v) is 8.76. The Bertz CT molecular complexity index is 1180. The summed E-state index contributed by atoms with van der Waals surface area (Å²) in [4.78, 5) is 12.3. The molecule has 150 valence electrons. The molecule has 0 spiro atoms. The zero-order valence-electron chi connectivity index (χ0n) is 14.7. The molecule has 4 rings (SSSR count). The Morgan fingerprint density at radius 1 is 1.10 bits per heavy atom. The van der Waals surface area contributed by atoms with Crippen LogP contribution in [0.2, 0.25) is 0 Å². The van der Waals surface area contributed by atoms with Gasteiger partial charge in [-0.05, 0) is 54.6 Å².